The molecular formula is C23H31N3O2. The van der Waals surface area contributed by atoms with Crippen molar-refractivity contribution in [1.82, 2.24) is 15.0 Å². The first-order valence-corrected chi connectivity index (χ1v) is 10.8. The molecule has 0 N–H and O–H groups in total. The number of likely N-dealkylation sites (tertiary alicyclic amines) is 1. The Morgan fingerprint density at radius 2 is 1.93 bits per heavy atom. The monoisotopic (exact) mass is 381 g/mol. The highest BCUT2D eigenvalue weighted by atomic mass is 16.5. The van der Waals surface area contributed by atoms with Crippen LogP contribution in [0.15, 0.2) is 40.9 Å². The highest BCUT2D eigenvalue weighted by Crippen LogP contribution is 2.50. The third kappa shape index (κ3) is 3.30. The molecule has 3 aliphatic rings. The van der Waals surface area contributed by atoms with Crippen molar-refractivity contribution in [3.05, 3.63) is 53.4 Å². The number of nitrogens with zero attached hydrogens (tertiary/aromatic N) is 3. The molecule has 5 heteroatoms. The predicted molar refractivity (Wildman–Crippen MR) is 108 cm³/mol. The average Bonchev–Trinajstić information content (AvgIpc) is 3.33. The molecular weight excluding hydrogens is 350 g/mol. The fourth-order valence-corrected chi connectivity index (χ4v) is 5.90. The molecule has 1 aromatic carbocycles. The van der Waals surface area contributed by atoms with Gasteiger partial charge in [-0.1, -0.05) is 35.5 Å². The first kappa shape index (κ1) is 18.3. The Morgan fingerprint density at radius 1 is 1.11 bits per heavy atom. The largest absolute Gasteiger partial charge is 0.379 e. The van der Waals surface area contributed by atoms with E-state index in [2.05, 4.69) is 51.4 Å². The van der Waals surface area contributed by atoms with Gasteiger partial charge in [0.2, 0.25) is 0 Å². The van der Waals surface area contributed by atoms with Gasteiger partial charge in [-0.05, 0) is 44.7 Å². The Kier molecular flexibility index (Phi) is 4.99. The molecule has 28 heavy (non-hydrogen) atoms. The summed E-state index contributed by atoms with van der Waals surface area (Å²) in [5.41, 5.74) is 2.87. The molecule has 3 heterocycles. The van der Waals surface area contributed by atoms with E-state index in [-0.39, 0.29) is 5.41 Å². The number of hydrogen-bond donors (Lipinski definition) is 0. The van der Waals surface area contributed by atoms with Gasteiger partial charge >= 0.3 is 0 Å². The highest BCUT2D eigenvalue weighted by molar-refractivity contribution is 5.31. The second-order valence-corrected chi connectivity index (χ2v) is 8.76. The van der Waals surface area contributed by atoms with Gasteiger partial charge < -0.3 is 9.26 Å². The molecule has 5 nitrogen and oxygen atoms in total. The lowest BCUT2D eigenvalue weighted by atomic mass is 9.64. The molecule has 0 radical (unpaired) electrons. The number of aryl methyl sites for hydroxylation is 1. The number of hydrogen-bond acceptors (Lipinski definition) is 5. The van der Waals surface area contributed by atoms with E-state index in [1.54, 1.807) is 0 Å². The first-order chi connectivity index (χ1) is 13.7. The number of morpholine rings is 1. The summed E-state index contributed by atoms with van der Waals surface area (Å²) in [6, 6.07) is 14.6. The van der Waals surface area contributed by atoms with E-state index in [9.17, 15) is 0 Å². The maximum Gasteiger partial charge on any atom is 0.133 e. The van der Waals surface area contributed by atoms with Crippen molar-refractivity contribution >= 4 is 0 Å². The molecule has 2 saturated heterocycles. The van der Waals surface area contributed by atoms with Crippen LogP contribution in [-0.4, -0.2) is 59.9 Å². The predicted octanol–water partition coefficient (Wildman–Crippen LogP) is 3.38. The van der Waals surface area contributed by atoms with Gasteiger partial charge in [0.15, 0.2) is 0 Å². The maximum absolute atomic E-state index is 5.60. The Labute approximate surface area is 167 Å². The van der Waals surface area contributed by atoms with Gasteiger partial charge in [0, 0.05) is 43.2 Å². The third-order valence-electron chi connectivity index (χ3n) is 7.30. The standard InChI is InChI=1S/C23H31N3O2/c1-18-15-20(24-28-18)17-26-10-9-23(19-5-3-2-4-6-19)8-7-21(16-22(23)26)25-11-13-27-14-12-25/h2-6,15,21-22H,7-14,16-17H2,1H3/t21-,22+,23+/m1/s1. The molecule has 0 spiro atoms. The minimum atomic E-state index is 0.281. The molecule has 3 fully saturated rings. The van der Waals surface area contributed by atoms with Gasteiger partial charge in [-0.25, -0.2) is 0 Å². The number of rotatable bonds is 4. The fourth-order valence-electron chi connectivity index (χ4n) is 5.90. The Balaban J connectivity index is 1.42. The Hall–Kier alpha value is -1.69. The molecule has 2 aromatic rings. The van der Waals surface area contributed by atoms with Gasteiger partial charge in [0.25, 0.3) is 0 Å². The van der Waals surface area contributed by atoms with Gasteiger partial charge in [-0.15, -0.1) is 0 Å². The molecule has 1 aromatic heterocycles. The topological polar surface area (TPSA) is 41.7 Å². The van der Waals surface area contributed by atoms with Crippen LogP contribution in [0, 0.1) is 6.92 Å². The molecule has 1 saturated carbocycles. The number of benzene rings is 1. The highest BCUT2D eigenvalue weighted by Gasteiger charge is 2.52. The van der Waals surface area contributed by atoms with Crippen LogP contribution < -0.4 is 0 Å². The molecule has 2 aliphatic heterocycles. The zero-order valence-corrected chi connectivity index (χ0v) is 16.8. The smallest absolute Gasteiger partial charge is 0.133 e. The number of fused-ring (bicyclic) bond motifs is 1. The van der Waals surface area contributed by atoms with Crippen LogP contribution >= 0.6 is 0 Å². The van der Waals surface area contributed by atoms with Crippen molar-refractivity contribution in [2.45, 2.75) is 56.7 Å². The summed E-state index contributed by atoms with van der Waals surface area (Å²) in [5, 5.41) is 4.28. The Morgan fingerprint density at radius 3 is 2.68 bits per heavy atom. The van der Waals surface area contributed by atoms with Gasteiger partial charge in [0.05, 0.1) is 18.9 Å². The van der Waals surface area contributed by atoms with E-state index in [4.69, 9.17) is 9.26 Å². The molecule has 0 bridgehead atoms. The third-order valence-corrected chi connectivity index (χ3v) is 7.30. The summed E-state index contributed by atoms with van der Waals surface area (Å²) < 4.78 is 10.9. The average molecular weight is 382 g/mol. The second kappa shape index (κ2) is 7.62. The van der Waals surface area contributed by atoms with Crippen LogP contribution in [-0.2, 0) is 16.7 Å². The van der Waals surface area contributed by atoms with E-state index >= 15 is 0 Å². The minimum absolute atomic E-state index is 0.281. The van der Waals surface area contributed by atoms with Gasteiger partial charge in [-0.3, -0.25) is 9.80 Å². The van der Waals surface area contributed by atoms with Crippen molar-refractivity contribution < 1.29 is 9.26 Å². The van der Waals surface area contributed by atoms with Crippen LogP contribution in [0.1, 0.15) is 42.7 Å². The lowest BCUT2D eigenvalue weighted by Crippen LogP contribution is -2.54. The minimum Gasteiger partial charge on any atom is -0.379 e. The van der Waals surface area contributed by atoms with Crippen molar-refractivity contribution in [3.8, 4) is 0 Å². The molecule has 0 unspecified atom stereocenters. The second-order valence-electron chi connectivity index (χ2n) is 8.76. The fraction of sp³-hybridized carbons (Fsp3) is 0.609. The van der Waals surface area contributed by atoms with Crippen LogP contribution in [0.4, 0.5) is 0 Å². The van der Waals surface area contributed by atoms with E-state index < -0.39 is 0 Å². The number of aromatic nitrogens is 1. The quantitative estimate of drug-likeness (QED) is 0.812. The summed E-state index contributed by atoms with van der Waals surface area (Å²) in [6.45, 7) is 7.94. The van der Waals surface area contributed by atoms with Crippen molar-refractivity contribution in [2.75, 3.05) is 32.8 Å². The Bertz CT molecular complexity index is 786. The zero-order valence-electron chi connectivity index (χ0n) is 16.8. The summed E-state index contributed by atoms with van der Waals surface area (Å²) in [7, 11) is 0. The number of ether oxygens (including phenoxy) is 1. The molecule has 1 aliphatic carbocycles. The van der Waals surface area contributed by atoms with Crippen LogP contribution in [0.25, 0.3) is 0 Å². The SMILES string of the molecule is Cc1cc(CN2CC[C@]3(c4ccccc4)CC[C@@H](N4CCOCC4)C[C@H]23)no1. The lowest BCUT2D eigenvalue weighted by Gasteiger charge is -2.48. The van der Waals surface area contributed by atoms with Crippen molar-refractivity contribution in [2.24, 2.45) is 0 Å². The molecule has 150 valence electrons. The van der Waals surface area contributed by atoms with Gasteiger partial charge in [0.1, 0.15) is 5.76 Å². The van der Waals surface area contributed by atoms with E-state index in [1.165, 1.54) is 31.2 Å². The molecule has 5 rings (SSSR count). The maximum atomic E-state index is 5.60. The first-order valence-electron chi connectivity index (χ1n) is 10.8. The van der Waals surface area contributed by atoms with Crippen LogP contribution in [0.5, 0.6) is 0 Å². The zero-order chi connectivity index (χ0) is 19.0. The summed E-state index contributed by atoms with van der Waals surface area (Å²) in [5.74, 6) is 0.901. The summed E-state index contributed by atoms with van der Waals surface area (Å²) in [4.78, 5) is 5.35. The van der Waals surface area contributed by atoms with Gasteiger partial charge in [-0.2, -0.15) is 0 Å². The molecule has 0 amide bonds. The van der Waals surface area contributed by atoms with Crippen LogP contribution in [0.3, 0.4) is 0 Å². The van der Waals surface area contributed by atoms with E-state index in [1.807, 2.05) is 6.92 Å². The summed E-state index contributed by atoms with van der Waals surface area (Å²) in [6.07, 6.45) is 5.06. The van der Waals surface area contributed by atoms with E-state index in [0.717, 1.165) is 50.8 Å². The van der Waals surface area contributed by atoms with E-state index in [0.29, 0.717) is 12.1 Å². The lowest BCUT2D eigenvalue weighted by molar-refractivity contribution is -0.00852. The molecule has 3 atom stereocenters. The van der Waals surface area contributed by atoms with Crippen LogP contribution in [0.2, 0.25) is 0 Å². The normalized spacial score (nSPS) is 31.8. The summed E-state index contributed by atoms with van der Waals surface area (Å²) >= 11 is 0. The van der Waals surface area contributed by atoms with Crippen molar-refractivity contribution in [1.29, 1.82) is 0 Å². The van der Waals surface area contributed by atoms with Crippen molar-refractivity contribution in [3.63, 3.8) is 0 Å².